The van der Waals surface area contributed by atoms with Gasteiger partial charge in [0.15, 0.2) is 0 Å². The summed E-state index contributed by atoms with van der Waals surface area (Å²) in [5, 5.41) is 9.95. The minimum absolute atomic E-state index is 0.0549. The minimum Gasteiger partial charge on any atom is -0.394 e. The zero-order chi connectivity index (χ0) is 12.3. The topological polar surface area (TPSA) is 85.0 Å². The summed E-state index contributed by atoms with van der Waals surface area (Å²) in [6.07, 6.45) is 0. The van der Waals surface area contributed by atoms with Gasteiger partial charge in [-0.2, -0.15) is 5.10 Å². The van der Waals surface area contributed by atoms with Crippen molar-refractivity contribution in [3.05, 3.63) is 5.69 Å². The van der Waals surface area contributed by atoms with E-state index in [0.717, 1.165) is 5.69 Å². The smallest absolute Gasteiger partial charge is 0.242 e. The van der Waals surface area contributed by atoms with Gasteiger partial charge in [0.2, 0.25) is 5.91 Å². The summed E-state index contributed by atoms with van der Waals surface area (Å²) in [5.74, 6) is 0.622. The SMILES string of the molecule is CCNC(=O)C(C)Nc1c(N)c(C)nn1C. The molecule has 0 spiro atoms. The number of aryl methyl sites for hydroxylation is 2. The second-order valence-corrected chi connectivity index (χ2v) is 3.73. The van der Waals surface area contributed by atoms with Crippen LogP contribution in [0.15, 0.2) is 0 Å². The van der Waals surface area contributed by atoms with Gasteiger partial charge < -0.3 is 16.4 Å². The lowest BCUT2D eigenvalue weighted by atomic mass is 10.3. The molecule has 0 aliphatic rings. The van der Waals surface area contributed by atoms with Crippen molar-refractivity contribution in [2.75, 3.05) is 17.6 Å². The number of rotatable bonds is 4. The number of carbonyl (C=O) groups is 1. The van der Waals surface area contributed by atoms with Crippen LogP contribution in [-0.4, -0.2) is 28.3 Å². The lowest BCUT2D eigenvalue weighted by Crippen LogP contribution is -2.37. The van der Waals surface area contributed by atoms with E-state index in [1.807, 2.05) is 13.8 Å². The van der Waals surface area contributed by atoms with E-state index in [-0.39, 0.29) is 11.9 Å². The van der Waals surface area contributed by atoms with Crippen LogP contribution in [0.4, 0.5) is 11.5 Å². The fourth-order valence-corrected chi connectivity index (χ4v) is 1.44. The Kier molecular flexibility index (Phi) is 3.76. The summed E-state index contributed by atoms with van der Waals surface area (Å²) in [4.78, 5) is 11.5. The van der Waals surface area contributed by atoms with E-state index in [0.29, 0.717) is 18.1 Å². The molecular formula is C10H19N5O. The number of nitrogens with one attached hydrogen (secondary N) is 2. The summed E-state index contributed by atoms with van der Waals surface area (Å²) in [6, 6.07) is -0.336. The van der Waals surface area contributed by atoms with Crippen LogP contribution in [0.2, 0.25) is 0 Å². The number of nitrogens with zero attached hydrogens (tertiary/aromatic N) is 2. The fraction of sp³-hybridized carbons (Fsp3) is 0.600. The first kappa shape index (κ1) is 12.4. The Morgan fingerprint density at radius 3 is 2.69 bits per heavy atom. The summed E-state index contributed by atoms with van der Waals surface area (Å²) in [5.41, 5.74) is 7.19. The molecule has 1 aromatic rings. The summed E-state index contributed by atoms with van der Waals surface area (Å²) < 4.78 is 1.64. The van der Waals surface area contributed by atoms with Crippen LogP contribution in [0.1, 0.15) is 19.5 Å². The highest BCUT2D eigenvalue weighted by Gasteiger charge is 2.16. The molecule has 0 aliphatic carbocycles. The van der Waals surface area contributed by atoms with Crippen molar-refractivity contribution in [2.24, 2.45) is 7.05 Å². The van der Waals surface area contributed by atoms with Crippen molar-refractivity contribution in [1.82, 2.24) is 15.1 Å². The molecule has 6 nitrogen and oxygen atoms in total. The molecule has 1 unspecified atom stereocenters. The number of likely N-dealkylation sites (N-methyl/N-ethyl adjacent to an activating group) is 1. The van der Waals surface area contributed by atoms with Crippen molar-refractivity contribution >= 4 is 17.4 Å². The third kappa shape index (κ3) is 2.44. The molecule has 0 radical (unpaired) electrons. The molecule has 1 atom stereocenters. The van der Waals surface area contributed by atoms with E-state index in [1.54, 1.807) is 18.7 Å². The van der Waals surface area contributed by atoms with Gasteiger partial charge in [-0.25, -0.2) is 0 Å². The lowest BCUT2D eigenvalue weighted by molar-refractivity contribution is -0.121. The van der Waals surface area contributed by atoms with Crippen LogP contribution in [-0.2, 0) is 11.8 Å². The Hall–Kier alpha value is -1.72. The van der Waals surface area contributed by atoms with Crippen molar-refractivity contribution in [3.8, 4) is 0 Å². The van der Waals surface area contributed by atoms with E-state index in [2.05, 4.69) is 15.7 Å². The molecule has 1 rings (SSSR count). The molecule has 90 valence electrons. The van der Waals surface area contributed by atoms with Crippen LogP contribution in [0.5, 0.6) is 0 Å². The molecule has 1 aromatic heterocycles. The second kappa shape index (κ2) is 4.87. The van der Waals surface area contributed by atoms with Gasteiger partial charge in [-0.3, -0.25) is 9.48 Å². The lowest BCUT2D eigenvalue weighted by Gasteiger charge is -2.15. The number of hydrogen-bond acceptors (Lipinski definition) is 4. The zero-order valence-corrected chi connectivity index (χ0v) is 10.2. The van der Waals surface area contributed by atoms with E-state index < -0.39 is 0 Å². The van der Waals surface area contributed by atoms with E-state index in [4.69, 9.17) is 5.73 Å². The number of nitrogen functional groups attached to an aromatic ring is 1. The Labute approximate surface area is 95.2 Å². The average molecular weight is 225 g/mol. The second-order valence-electron chi connectivity index (χ2n) is 3.73. The number of anilines is 2. The van der Waals surface area contributed by atoms with Crippen LogP contribution in [0.25, 0.3) is 0 Å². The normalized spacial score (nSPS) is 12.2. The maximum atomic E-state index is 11.5. The van der Waals surface area contributed by atoms with Gasteiger partial charge in [-0.15, -0.1) is 0 Å². The highest BCUT2D eigenvalue weighted by molar-refractivity contribution is 5.85. The number of aromatic nitrogens is 2. The maximum absolute atomic E-state index is 11.5. The number of carbonyl (C=O) groups excluding carboxylic acids is 1. The first-order valence-electron chi connectivity index (χ1n) is 5.30. The molecular weight excluding hydrogens is 206 g/mol. The van der Waals surface area contributed by atoms with Gasteiger partial charge in [0.05, 0.1) is 11.4 Å². The highest BCUT2D eigenvalue weighted by Crippen LogP contribution is 2.21. The van der Waals surface area contributed by atoms with Crippen molar-refractivity contribution in [2.45, 2.75) is 26.8 Å². The van der Waals surface area contributed by atoms with E-state index >= 15 is 0 Å². The van der Waals surface area contributed by atoms with Gasteiger partial charge in [0.1, 0.15) is 11.9 Å². The van der Waals surface area contributed by atoms with Crippen LogP contribution in [0, 0.1) is 6.92 Å². The quantitative estimate of drug-likeness (QED) is 0.685. The first-order chi connectivity index (χ1) is 7.47. The van der Waals surface area contributed by atoms with Crippen molar-refractivity contribution < 1.29 is 4.79 Å². The molecule has 0 saturated heterocycles. The van der Waals surface area contributed by atoms with Crippen LogP contribution >= 0.6 is 0 Å². The molecule has 16 heavy (non-hydrogen) atoms. The van der Waals surface area contributed by atoms with Crippen molar-refractivity contribution in [1.29, 1.82) is 0 Å². The summed E-state index contributed by atoms with van der Waals surface area (Å²) in [6.45, 7) is 6.11. The predicted molar refractivity (Wildman–Crippen MR) is 64.1 cm³/mol. The molecule has 4 N–H and O–H groups in total. The molecule has 0 saturated carbocycles. The predicted octanol–water partition coefficient (Wildman–Crippen LogP) is 0.247. The summed E-state index contributed by atoms with van der Waals surface area (Å²) >= 11 is 0. The van der Waals surface area contributed by atoms with Gasteiger partial charge >= 0.3 is 0 Å². The fourth-order valence-electron chi connectivity index (χ4n) is 1.44. The van der Waals surface area contributed by atoms with Crippen molar-refractivity contribution in [3.63, 3.8) is 0 Å². The monoisotopic (exact) mass is 225 g/mol. The number of nitrogens with two attached hydrogens (primary N) is 1. The van der Waals surface area contributed by atoms with E-state index in [9.17, 15) is 4.79 Å². The maximum Gasteiger partial charge on any atom is 0.242 e. The number of hydrogen-bond donors (Lipinski definition) is 3. The number of amides is 1. The molecule has 1 amide bonds. The Balaban J connectivity index is 2.76. The van der Waals surface area contributed by atoms with Gasteiger partial charge in [-0.1, -0.05) is 0 Å². The Morgan fingerprint density at radius 1 is 1.62 bits per heavy atom. The minimum atomic E-state index is -0.336. The molecule has 1 heterocycles. The van der Waals surface area contributed by atoms with Crippen LogP contribution in [0.3, 0.4) is 0 Å². The molecule has 0 bridgehead atoms. The average Bonchev–Trinajstić information content (AvgIpc) is 2.45. The Bertz CT molecular complexity index is 385. The van der Waals surface area contributed by atoms with Crippen LogP contribution < -0.4 is 16.4 Å². The first-order valence-corrected chi connectivity index (χ1v) is 5.30. The highest BCUT2D eigenvalue weighted by atomic mass is 16.2. The largest absolute Gasteiger partial charge is 0.394 e. The third-order valence-corrected chi connectivity index (χ3v) is 2.37. The zero-order valence-electron chi connectivity index (χ0n) is 10.2. The van der Waals surface area contributed by atoms with E-state index in [1.165, 1.54) is 0 Å². The standard InChI is InChI=1S/C10H19N5O/c1-5-12-10(16)7(3)13-9-8(11)6(2)14-15(9)4/h7,13H,5,11H2,1-4H3,(H,12,16). The third-order valence-electron chi connectivity index (χ3n) is 2.37. The molecule has 0 aromatic carbocycles. The van der Waals surface area contributed by atoms with Gasteiger partial charge in [0, 0.05) is 13.6 Å². The Morgan fingerprint density at radius 2 is 2.25 bits per heavy atom. The van der Waals surface area contributed by atoms with Gasteiger partial charge in [0.25, 0.3) is 0 Å². The molecule has 0 fully saturated rings. The summed E-state index contributed by atoms with van der Waals surface area (Å²) in [7, 11) is 1.79. The molecule has 0 aliphatic heterocycles. The molecule has 6 heteroatoms. The van der Waals surface area contributed by atoms with Gasteiger partial charge in [-0.05, 0) is 20.8 Å².